The molecular formula is C30H43N5O6. The summed E-state index contributed by atoms with van der Waals surface area (Å²) in [5.74, 6) is 0.358. The zero-order valence-corrected chi connectivity index (χ0v) is 24.2. The predicted molar refractivity (Wildman–Crippen MR) is 153 cm³/mol. The summed E-state index contributed by atoms with van der Waals surface area (Å²) < 4.78 is 11.2. The number of phenols is 1. The zero-order chi connectivity index (χ0) is 29.2. The van der Waals surface area contributed by atoms with Crippen molar-refractivity contribution < 1.29 is 28.8 Å². The lowest BCUT2D eigenvalue weighted by molar-refractivity contribution is -0.135. The van der Waals surface area contributed by atoms with Gasteiger partial charge in [-0.2, -0.15) is 0 Å². The predicted octanol–water partition coefficient (Wildman–Crippen LogP) is 3.19. The number of phenolic OH excluding ortho intramolecular Hbond substituents is 1. The van der Waals surface area contributed by atoms with Gasteiger partial charge < -0.3 is 29.9 Å². The molecule has 0 radical (unpaired) electrons. The number of aromatic hydroxyl groups is 1. The van der Waals surface area contributed by atoms with Crippen molar-refractivity contribution in [3.8, 4) is 11.5 Å². The van der Waals surface area contributed by atoms with E-state index in [2.05, 4.69) is 26.8 Å². The number of likely N-dealkylation sites (N-methyl/N-ethyl adjacent to an activating group) is 1. The van der Waals surface area contributed by atoms with Crippen LogP contribution in [0.5, 0.6) is 11.5 Å². The molecule has 41 heavy (non-hydrogen) atoms. The van der Waals surface area contributed by atoms with Gasteiger partial charge in [-0.3, -0.25) is 19.3 Å². The topological polar surface area (TPSA) is 137 Å². The molecule has 1 aliphatic heterocycles. The van der Waals surface area contributed by atoms with E-state index in [9.17, 15) is 19.5 Å². The van der Waals surface area contributed by atoms with E-state index in [4.69, 9.17) is 9.26 Å². The highest BCUT2D eigenvalue weighted by Crippen LogP contribution is 2.32. The Labute approximate surface area is 241 Å². The Bertz CT molecular complexity index is 1180. The van der Waals surface area contributed by atoms with Crippen molar-refractivity contribution in [2.75, 3.05) is 39.8 Å². The first-order valence-electron chi connectivity index (χ1n) is 14.8. The van der Waals surface area contributed by atoms with Gasteiger partial charge in [0, 0.05) is 50.3 Å². The van der Waals surface area contributed by atoms with Crippen LogP contribution in [-0.2, 0) is 16.1 Å². The van der Waals surface area contributed by atoms with Gasteiger partial charge in [-0.1, -0.05) is 24.4 Å². The van der Waals surface area contributed by atoms with E-state index in [0.717, 1.165) is 50.2 Å². The summed E-state index contributed by atoms with van der Waals surface area (Å²) in [6, 6.07) is 5.54. The van der Waals surface area contributed by atoms with Gasteiger partial charge >= 0.3 is 0 Å². The number of ether oxygens (including phenoxy) is 1. The second-order valence-corrected chi connectivity index (χ2v) is 11.2. The molecule has 0 spiro atoms. The number of fused-ring (bicyclic) bond motifs is 2. The third-order valence-corrected chi connectivity index (χ3v) is 7.78. The standard InChI is InChI=1S/C30H43N5O6/c1-21-30(39)34(2)12-6-7-13-35(19-26-18-27(33-41-26)22-9-4-3-5-10-22)14-8-11-31-29(38)23-15-24(36)17-25(16-23)40-20-28(37)32-21/h15-18,21-22,36H,3-14,19-20H2,1-2H3,(H,31,38)(H,32,37)/t21-/m0/s1. The molecular weight excluding hydrogens is 526 g/mol. The van der Waals surface area contributed by atoms with E-state index in [1.54, 1.807) is 18.9 Å². The second kappa shape index (κ2) is 14.9. The van der Waals surface area contributed by atoms with Crippen molar-refractivity contribution in [3.63, 3.8) is 0 Å². The molecule has 1 aromatic carbocycles. The van der Waals surface area contributed by atoms with Gasteiger partial charge in [-0.05, 0) is 57.7 Å². The molecule has 1 aromatic heterocycles. The maximum Gasteiger partial charge on any atom is 0.258 e. The number of carbonyl (C=O) groups is 3. The van der Waals surface area contributed by atoms with Crippen LogP contribution in [0.1, 0.15) is 86.0 Å². The van der Waals surface area contributed by atoms with Gasteiger partial charge in [0.2, 0.25) is 5.91 Å². The normalized spacial score (nSPS) is 21.6. The molecule has 1 saturated carbocycles. The Morgan fingerprint density at radius 2 is 1.73 bits per heavy atom. The molecule has 11 nitrogen and oxygen atoms in total. The number of rotatable bonds is 3. The highest BCUT2D eigenvalue weighted by molar-refractivity contribution is 5.95. The Morgan fingerprint density at radius 3 is 2.54 bits per heavy atom. The summed E-state index contributed by atoms with van der Waals surface area (Å²) in [5.41, 5.74) is 1.28. The van der Waals surface area contributed by atoms with Gasteiger partial charge in [-0.15, -0.1) is 0 Å². The molecule has 3 N–H and O–H groups in total. The van der Waals surface area contributed by atoms with Gasteiger partial charge in [0.05, 0.1) is 12.2 Å². The molecule has 1 fully saturated rings. The van der Waals surface area contributed by atoms with Crippen molar-refractivity contribution in [2.24, 2.45) is 0 Å². The van der Waals surface area contributed by atoms with Crippen molar-refractivity contribution >= 4 is 17.7 Å². The minimum atomic E-state index is -0.714. The molecule has 11 heteroatoms. The van der Waals surface area contributed by atoms with E-state index in [-0.39, 0.29) is 35.5 Å². The summed E-state index contributed by atoms with van der Waals surface area (Å²) in [7, 11) is 1.74. The van der Waals surface area contributed by atoms with Gasteiger partial charge in [0.1, 0.15) is 17.5 Å². The molecule has 1 aliphatic carbocycles. The molecule has 1 atom stereocenters. The first-order chi connectivity index (χ1) is 19.8. The summed E-state index contributed by atoms with van der Waals surface area (Å²) >= 11 is 0. The monoisotopic (exact) mass is 569 g/mol. The second-order valence-electron chi connectivity index (χ2n) is 11.2. The molecule has 2 aromatic rings. The zero-order valence-electron chi connectivity index (χ0n) is 24.2. The minimum Gasteiger partial charge on any atom is -0.508 e. The van der Waals surface area contributed by atoms with E-state index < -0.39 is 11.9 Å². The van der Waals surface area contributed by atoms with E-state index in [1.807, 2.05) is 0 Å². The number of aromatic nitrogens is 1. The number of amides is 3. The number of nitrogens with one attached hydrogen (secondary N) is 2. The van der Waals surface area contributed by atoms with Crippen LogP contribution < -0.4 is 15.4 Å². The van der Waals surface area contributed by atoms with Crippen molar-refractivity contribution in [2.45, 2.75) is 76.8 Å². The Kier molecular flexibility index (Phi) is 11.0. The van der Waals surface area contributed by atoms with Crippen LogP contribution in [0.15, 0.2) is 28.8 Å². The lowest BCUT2D eigenvalue weighted by atomic mass is 9.87. The Hall–Kier alpha value is -3.60. The van der Waals surface area contributed by atoms with Crippen molar-refractivity contribution in [1.29, 1.82) is 0 Å². The van der Waals surface area contributed by atoms with Crippen LogP contribution in [0.3, 0.4) is 0 Å². The largest absolute Gasteiger partial charge is 0.508 e. The molecule has 4 rings (SSSR count). The number of hydrogen-bond acceptors (Lipinski definition) is 8. The summed E-state index contributed by atoms with van der Waals surface area (Å²) in [5, 5.41) is 20.0. The van der Waals surface area contributed by atoms with E-state index >= 15 is 0 Å². The summed E-state index contributed by atoms with van der Waals surface area (Å²) in [6.07, 6.45) is 8.49. The maximum absolute atomic E-state index is 12.8. The van der Waals surface area contributed by atoms with Crippen LogP contribution in [0, 0.1) is 0 Å². The lowest BCUT2D eigenvalue weighted by Crippen LogP contribution is -2.47. The van der Waals surface area contributed by atoms with Crippen LogP contribution in [0.2, 0.25) is 0 Å². The first kappa shape index (κ1) is 30.4. The molecule has 2 bridgehead atoms. The molecule has 0 unspecified atom stereocenters. The van der Waals surface area contributed by atoms with Crippen LogP contribution in [-0.4, -0.2) is 83.7 Å². The van der Waals surface area contributed by atoms with Crippen LogP contribution in [0.4, 0.5) is 0 Å². The third-order valence-electron chi connectivity index (χ3n) is 7.78. The van der Waals surface area contributed by atoms with E-state index in [0.29, 0.717) is 32.0 Å². The van der Waals surface area contributed by atoms with Gasteiger partial charge in [-0.25, -0.2) is 0 Å². The van der Waals surface area contributed by atoms with Gasteiger partial charge in [0.25, 0.3) is 11.8 Å². The van der Waals surface area contributed by atoms with Gasteiger partial charge in [0.15, 0.2) is 12.4 Å². The molecule has 0 saturated heterocycles. The summed E-state index contributed by atoms with van der Waals surface area (Å²) in [4.78, 5) is 41.9. The summed E-state index contributed by atoms with van der Waals surface area (Å²) in [6.45, 7) is 4.47. The highest BCUT2D eigenvalue weighted by Gasteiger charge is 2.22. The number of benzene rings is 1. The SMILES string of the molecule is C[C@@H]1NC(=O)COc2cc(O)cc(c2)C(=O)NCCCN(Cc2cc(C3CCCCC3)no2)CCCCN(C)C1=O. The van der Waals surface area contributed by atoms with Crippen molar-refractivity contribution in [1.82, 2.24) is 25.6 Å². The quantitative estimate of drug-likeness (QED) is 0.513. The van der Waals surface area contributed by atoms with Crippen LogP contribution in [0.25, 0.3) is 0 Å². The smallest absolute Gasteiger partial charge is 0.258 e. The maximum atomic E-state index is 12.8. The average molecular weight is 570 g/mol. The molecule has 2 aliphatic rings. The van der Waals surface area contributed by atoms with Crippen molar-refractivity contribution in [3.05, 3.63) is 41.3 Å². The highest BCUT2D eigenvalue weighted by atomic mass is 16.5. The fourth-order valence-corrected chi connectivity index (χ4v) is 5.51. The molecule has 224 valence electrons. The molecule has 3 amide bonds. The number of hydrogen-bond donors (Lipinski definition) is 3. The average Bonchev–Trinajstić information content (AvgIpc) is 3.43. The first-order valence-corrected chi connectivity index (χ1v) is 14.8. The fraction of sp³-hybridized carbons (Fsp3) is 0.600. The minimum absolute atomic E-state index is 0.147. The number of nitrogens with zero attached hydrogens (tertiary/aromatic N) is 3. The van der Waals surface area contributed by atoms with E-state index in [1.165, 1.54) is 37.5 Å². The molecule has 2 heterocycles. The van der Waals surface area contributed by atoms with Crippen LogP contribution >= 0.6 is 0 Å². The lowest BCUT2D eigenvalue weighted by Gasteiger charge is -2.24. The Morgan fingerprint density at radius 1 is 0.976 bits per heavy atom. The fourth-order valence-electron chi connectivity index (χ4n) is 5.51. The third kappa shape index (κ3) is 9.21. The Balaban J connectivity index is 1.42. The number of carbonyl (C=O) groups excluding carboxylic acids is 3.